The molecule has 0 amide bonds. The fraction of sp³-hybridized carbons (Fsp3) is 0.409. The molecule has 0 bridgehead atoms. The van der Waals surface area contributed by atoms with E-state index in [-0.39, 0.29) is 17.4 Å². The Morgan fingerprint density at radius 3 is 2.53 bits per heavy atom. The molecule has 7 nitrogen and oxygen atoms in total. The Morgan fingerprint density at radius 1 is 1.20 bits per heavy atom. The fourth-order valence-corrected chi connectivity index (χ4v) is 5.13. The minimum atomic E-state index is -3.73. The van der Waals surface area contributed by atoms with E-state index in [1.165, 1.54) is 11.4 Å². The first-order chi connectivity index (χ1) is 14.2. The van der Waals surface area contributed by atoms with E-state index in [0.717, 1.165) is 16.8 Å². The van der Waals surface area contributed by atoms with Crippen LogP contribution in [0.25, 0.3) is 0 Å². The highest BCUT2D eigenvalue weighted by Gasteiger charge is 2.26. The van der Waals surface area contributed by atoms with Crippen LogP contribution in [-0.4, -0.2) is 51.0 Å². The molecule has 1 aliphatic rings. The number of anilines is 1. The second-order valence-corrected chi connectivity index (χ2v) is 9.70. The van der Waals surface area contributed by atoms with Crippen molar-refractivity contribution in [2.45, 2.75) is 31.2 Å². The first-order valence-electron chi connectivity index (χ1n) is 9.90. The number of benzene rings is 2. The summed E-state index contributed by atoms with van der Waals surface area (Å²) in [5.41, 5.74) is 2.69. The second-order valence-electron chi connectivity index (χ2n) is 7.68. The fourth-order valence-electron chi connectivity index (χ4n) is 3.73. The lowest BCUT2D eigenvalue weighted by molar-refractivity contribution is -0.142. The number of rotatable bonds is 7. The molecule has 0 spiro atoms. The highest BCUT2D eigenvalue weighted by Crippen LogP contribution is 2.29. The summed E-state index contributed by atoms with van der Waals surface area (Å²) >= 11 is 0. The van der Waals surface area contributed by atoms with E-state index >= 15 is 0 Å². The maximum atomic E-state index is 13.1. The number of carboxylic acids is 1. The molecule has 0 radical (unpaired) electrons. The molecule has 0 aromatic heterocycles. The highest BCUT2D eigenvalue weighted by molar-refractivity contribution is 7.89. The lowest BCUT2D eigenvalue weighted by Gasteiger charge is -2.32. The first kappa shape index (κ1) is 22.1. The number of ether oxygens (including phenoxy) is 1. The number of nitrogens with zero attached hydrogens (tertiary/aromatic N) is 2. The molecule has 1 fully saturated rings. The van der Waals surface area contributed by atoms with Gasteiger partial charge in [-0.15, -0.1) is 0 Å². The molecule has 3 rings (SSSR count). The van der Waals surface area contributed by atoms with E-state index in [0.29, 0.717) is 31.7 Å². The number of hydrogen-bond donors (Lipinski definition) is 1. The molecule has 162 valence electrons. The number of aliphatic carboxylic acids is 1. The molecular weight excluding hydrogens is 404 g/mol. The molecule has 1 heterocycles. The van der Waals surface area contributed by atoms with E-state index in [1.807, 2.05) is 37.3 Å². The van der Waals surface area contributed by atoms with Gasteiger partial charge in [-0.3, -0.25) is 4.79 Å². The van der Waals surface area contributed by atoms with Gasteiger partial charge in [-0.2, -0.15) is 4.31 Å². The third-order valence-corrected chi connectivity index (χ3v) is 7.36. The second kappa shape index (κ2) is 9.06. The van der Waals surface area contributed by atoms with Crippen molar-refractivity contribution in [3.63, 3.8) is 0 Å². The lowest BCUT2D eigenvalue weighted by atomic mass is 9.96. The van der Waals surface area contributed by atoms with Crippen molar-refractivity contribution in [1.82, 2.24) is 4.31 Å². The Bertz CT molecular complexity index is 1010. The predicted molar refractivity (Wildman–Crippen MR) is 115 cm³/mol. The summed E-state index contributed by atoms with van der Waals surface area (Å²) < 4.78 is 32.8. The minimum Gasteiger partial charge on any atom is -0.495 e. The van der Waals surface area contributed by atoms with Crippen LogP contribution in [0.4, 0.5) is 5.69 Å². The van der Waals surface area contributed by atoms with Crippen molar-refractivity contribution in [3.05, 3.63) is 53.6 Å². The van der Waals surface area contributed by atoms with Gasteiger partial charge in [0.2, 0.25) is 10.0 Å². The smallest absolute Gasteiger partial charge is 0.306 e. The largest absolute Gasteiger partial charge is 0.495 e. The van der Waals surface area contributed by atoms with Crippen molar-refractivity contribution >= 4 is 21.7 Å². The molecule has 2 aromatic rings. The zero-order valence-electron chi connectivity index (χ0n) is 17.5. The average Bonchev–Trinajstić information content (AvgIpc) is 2.74. The zero-order chi connectivity index (χ0) is 21.9. The molecule has 0 unspecified atom stereocenters. The van der Waals surface area contributed by atoms with Crippen LogP contribution < -0.4 is 9.64 Å². The number of piperidine rings is 1. The monoisotopic (exact) mass is 432 g/mol. The Morgan fingerprint density at radius 2 is 1.90 bits per heavy atom. The van der Waals surface area contributed by atoms with Crippen LogP contribution >= 0.6 is 0 Å². The summed E-state index contributed by atoms with van der Waals surface area (Å²) in [4.78, 5) is 13.5. The normalized spacial score (nSPS) is 15.4. The summed E-state index contributed by atoms with van der Waals surface area (Å²) in [6.07, 6.45) is 1.22. The molecule has 0 aliphatic carbocycles. The van der Waals surface area contributed by atoms with Crippen LogP contribution in [0, 0.1) is 12.8 Å². The molecule has 1 aliphatic heterocycles. The van der Waals surface area contributed by atoms with E-state index in [9.17, 15) is 18.3 Å². The van der Waals surface area contributed by atoms with Gasteiger partial charge < -0.3 is 14.7 Å². The van der Waals surface area contributed by atoms with Crippen molar-refractivity contribution in [2.75, 3.05) is 32.1 Å². The maximum Gasteiger partial charge on any atom is 0.306 e. The quantitative estimate of drug-likeness (QED) is 0.723. The molecule has 8 heteroatoms. The average molecular weight is 433 g/mol. The summed E-state index contributed by atoms with van der Waals surface area (Å²) in [5.74, 6) is -0.700. The van der Waals surface area contributed by atoms with Gasteiger partial charge in [0.1, 0.15) is 10.6 Å². The van der Waals surface area contributed by atoms with Crippen molar-refractivity contribution in [3.8, 4) is 5.75 Å². The van der Waals surface area contributed by atoms with Gasteiger partial charge >= 0.3 is 5.97 Å². The number of hydrogen-bond acceptors (Lipinski definition) is 5. The van der Waals surface area contributed by atoms with Crippen molar-refractivity contribution in [1.29, 1.82) is 0 Å². The van der Waals surface area contributed by atoms with E-state index in [4.69, 9.17) is 4.74 Å². The third kappa shape index (κ3) is 4.76. The molecule has 0 saturated carbocycles. The first-order valence-corrected chi connectivity index (χ1v) is 11.3. The Hall–Kier alpha value is -2.58. The Balaban J connectivity index is 1.76. The van der Waals surface area contributed by atoms with Gasteiger partial charge in [0.25, 0.3) is 0 Å². The van der Waals surface area contributed by atoms with Crippen LogP contribution in [0.3, 0.4) is 0 Å². The van der Waals surface area contributed by atoms with Gasteiger partial charge in [-0.05, 0) is 55.2 Å². The number of carbonyl (C=O) groups is 1. The SMILES string of the molecule is COc1ccc(C)cc1S(=O)(=O)N(C)Cc1cccc(N2CCC(C(=O)O)CC2)c1. The summed E-state index contributed by atoms with van der Waals surface area (Å²) in [7, 11) is -0.711. The highest BCUT2D eigenvalue weighted by atomic mass is 32.2. The van der Waals surface area contributed by atoms with E-state index < -0.39 is 16.0 Å². The summed E-state index contributed by atoms with van der Waals surface area (Å²) in [6, 6.07) is 12.8. The molecule has 0 atom stereocenters. The number of carboxylic acid groups (broad SMARTS) is 1. The van der Waals surface area contributed by atoms with Crippen LogP contribution in [-0.2, 0) is 21.4 Å². The van der Waals surface area contributed by atoms with E-state index in [2.05, 4.69) is 4.90 Å². The standard InChI is InChI=1S/C22H28N2O5S/c1-16-7-8-20(29-3)21(13-16)30(27,28)23(2)15-17-5-4-6-19(14-17)24-11-9-18(10-12-24)22(25)26/h4-8,13-14,18H,9-12,15H2,1-3H3,(H,25,26). The van der Waals surface area contributed by atoms with Crippen molar-refractivity contribution < 1.29 is 23.1 Å². The van der Waals surface area contributed by atoms with Crippen LogP contribution in [0.1, 0.15) is 24.0 Å². The molecule has 1 saturated heterocycles. The van der Waals surface area contributed by atoms with E-state index in [1.54, 1.807) is 19.2 Å². The number of sulfonamides is 1. The molecular formula is C22H28N2O5S. The Kier molecular flexibility index (Phi) is 6.67. The van der Waals surface area contributed by atoms with Gasteiger partial charge in [0, 0.05) is 32.4 Å². The maximum absolute atomic E-state index is 13.1. The number of methoxy groups -OCH3 is 1. The summed E-state index contributed by atoms with van der Waals surface area (Å²) in [6.45, 7) is 3.42. The molecule has 1 N–H and O–H groups in total. The van der Waals surface area contributed by atoms with Crippen LogP contribution in [0.2, 0.25) is 0 Å². The van der Waals surface area contributed by atoms with Gasteiger partial charge in [-0.1, -0.05) is 18.2 Å². The van der Waals surface area contributed by atoms with Gasteiger partial charge in [0.05, 0.1) is 13.0 Å². The van der Waals surface area contributed by atoms with Gasteiger partial charge in [-0.25, -0.2) is 8.42 Å². The lowest BCUT2D eigenvalue weighted by Crippen LogP contribution is -2.36. The predicted octanol–water partition coefficient (Wildman–Crippen LogP) is 3.13. The molecule has 2 aromatic carbocycles. The summed E-state index contributed by atoms with van der Waals surface area (Å²) in [5, 5.41) is 9.17. The van der Waals surface area contributed by atoms with Crippen LogP contribution in [0.15, 0.2) is 47.4 Å². The van der Waals surface area contributed by atoms with Gasteiger partial charge in [0.15, 0.2) is 0 Å². The van der Waals surface area contributed by atoms with Crippen molar-refractivity contribution in [2.24, 2.45) is 5.92 Å². The zero-order valence-corrected chi connectivity index (χ0v) is 18.4. The Labute approximate surface area is 177 Å². The van der Waals surface area contributed by atoms with Crippen LogP contribution in [0.5, 0.6) is 5.75 Å². The topological polar surface area (TPSA) is 87.2 Å². The number of aryl methyl sites for hydroxylation is 1. The third-order valence-electron chi connectivity index (χ3n) is 5.53. The molecule has 30 heavy (non-hydrogen) atoms. The minimum absolute atomic E-state index is 0.152.